The van der Waals surface area contributed by atoms with Crippen LogP contribution in [0, 0.1) is 5.92 Å². The van der Waals surface area contributed by atoms with Crippen molar-refractivity contribution in [2.24, 2.45) is 5.92 Å². The number of ether oxygens (including phenoxy) is 1. The Morgan fingerprint density at radius 2 is 2.31 bits per heavy atom. The Hall–Kier alpha value is -1.07. The number of nitrogens with zero attached hydrogens (tertiary/aromatic N) is 2. The van der Waals surface area contributed by atoms with E-state index in [9.17, 15) is 0 Å². The Labute approximate surface area is 101 Å². The number of anilines is 2. The minimum Gasteiger partial charge on any atom is -0.384 e. The summed E-state index contributed by atoms with van der Waals surface area (Å²) in [4.78, 5) is 8.22. The maximum atomic E-state index is 5.97. The van der Waals surface area contributed by atoms with Crippen molar-refractivity contribution in [1.82, 2.24) is 9.97 Å². The lowest BCUT2D eigenvalue weighted by Gasteiger charge is -2.13. The fourth-order valence-electron chi connectivity index (χ4n) is 1.23. The van der Waals surface area contributed by atoms with Gasteiger partial charge in [0.1, 0.15) is 10.8 Å². The summed E-state index contributed by atoms with van der Waals surface area (Å²) in [6.45, 7) is 3.55. The molecule has 0 spiro atoms. The van der Waals surface area contributed by atoms with E-state index >= 15 is 0 Å². The summed E-state index contributed by atoms with van der Waals surface area (Å²) < 4.78 is 5.05. The molecular weight excluding hydrogens is 228 g/mol. The van der Waals surface area contributed by atoms with E-state index in [1.165, 1.54) is 0 Å². The minimum atomic E-state index is 0.397. The molecule has 0 bridgehead atoms. The SMILES string of the molecule is CNc1ncc(Cl)c(NCC(C)COC)n1. The predicted molar refractivity (Wildman–Crippen MR) is 66.1 cm³/mol. The molecule has 0 aliphatic rings. The molecule has 1 aromatic rings. The first-order chi connectivity index (χ1) is 7.67. The summed E-state index contributed by atoms with van der Waals surface area (Å²) in [6.07, 6.45) is 1.57. The second-order valence-electron chi connectivity index (χ2n) is 3.58. The molecule has 1 rings (SSSR count). The summed E-state index contributed by atoms with van der Waals surface area (Å²) in [6, 6.07) is 0. The molecule has 5 nitrogen and oxygen atoms in total. The smallest absolute Gasteiger partial charge is 0.224 e. The number of nitrogens with one attached hydrogen (secondary N) is 2. The Bertz CT molecular complexity index is 335. The molecule has 16 heavy (non-hydrogen) atoms. The van der Waals surface area contributed by atoms with E-state index in [0.717, 1.165) is 6.54 Å². The molecule has 0 radical (unpaired) electrons. The monoisotopic (exact) mass is 244 g/mol. The molecule has 90 valence electrons. The molecule has 1 aromatic heterocycles. The van der Waals surface area contributed by atoms with Gasteiger partial charge in [0, 0.05) is 20.7 Å². The van der Waals surface area contributed by atoms with Crippen LogP contribution < -0.4 is 10.6 Å². The van der Waals surface area contributed by atoms with Crippen LogP contribution in [-0.2, 0) is 4.74 Å². The second-order valence-corrected chi connectivity index (χ2v) is 3.99. The average Bonchev–Trinajstić information content (AvgIpc) is 2.28. The molecule has 0 fully saturated rings. The van der Waals surface area contributed by atoms with Gasteiger partial charge in [-0.3, -0.25) is 0 Å². The summed E-state index contributed by atoms with van der Waals surface area (Å²) in [5.74, 6) is 1.59. The number of aromatic nitrogens is 2. The molecule has 6 heteroatoms. The molecule has 0 amide bonds. The Morgan fingerprint density at radius 1 is 1.56 bits per heavy atom. The van der Waals surface area contributed by atoms with Gasteiger partial charge in [0.25, 0.3) is 0 Å². The third-order valence-electron chi connectivity index (χ3n) is 2.04. The lowest BCUT2D eigenvalue weighted by molar-refractivity contribution is 0.164. The van der Waals surface area contributed by atoms with E-state index in [0.29, 0.717) is 29.3 Å². The Balaban J connectivity index is 2.58. The normalized spacial score (nSPS) is 12.2. The van der Waals surface area contributed by atoms with E-state index < -0.39 is 0 Å². The highest BCUT2D eigenvalue weighted by atomic mass is 35.5. The lowest BCUT2D eigenvalue weighted by atomic mass is 10.2. The van der Waals surface area contributed by atoms with E-state index in [1.807, 2.05) is 0 Å². The predicted octanol–water partition coefficient (Wildman–Crippen LogP) is 1.87. The minimum absolute atomic E-state index is 0.397. The first kappa shape index (κ1) is 13.0. The van der Waals surface area contributed by atoms with Crippen LogP contribution in [0.4, 0.5) is 11.8 Å². The van der Waals surface area contributed by atoms with Crippen LogP contribution in [-0.4, -0.2) is 37.3 Å². The summed E-state index contributed by atoms with van der Waals surface area (Å²) in [5.41, 5.74) is 0. The maximum absolute atomic E-state index is 5.97. The van der Waals surface area contributed by atoms with Gasteiger partial charge < -0.3 is 15.4 Å². The standard InChI is InChI=1S/C10H17ClN4O/c1-7(6-16-3)4-13-9-8(11)5-14-10(12-2)15-9/h5,7H,4,6H2,1-3H3,(H2,12,13,14,15). The molecule has 0 aromatic carbocycles. The summed E-state index contributed by atoms with van der Waals surface area (Å²) >= 11 is 5.97. The third kappa shape index (κ3) is 3.83. The van der Waals surface area contributed by atoms with Gasteiger partial charge in [0.15, 0.2) is 0 Å². The van der Waals surface area contributed by atoms with Gasteiger partial charge in [0.2, 0.25) is 5.95 Å². The fraction of sp³-hybridized carbons (Fsp3) is 0.600. The van der Waals surface area contributed by atoms with Gasteiger partial charge in [-0.1, -0.05) is 18.5 Å². The van der Waals surface area contributed by atoms with Crippen molar-refractivity contribution in [3.8, 4) is 0 Å². The van der Waals surface area contributed by atoms with Gasteiger partial charge in [0.05, 0.1) is 12.8 Å². The summed E-state index contributed by atoms with van der Waals surface area (Å²) in [5, 5.41) is 6.55. The van der Waals surface area contributed by atoms with E-state index in [-0.39, 0.29) is 0 Å². The zero-order valence-electron chi connectivity index (χ0n) is 9.75. The quantitative estimate of drug-likeness (QED) is 0.800. The van der Waals surface area contributed by atoms with Crippen molar-refractivity contribution in [2.75, 3.05) is 37.9 Å². The molecule has 1 heterocycles. The fourth-order valence-corrected chi connectivity index (χ4v) is 1.38. The van der Waals surface area contributed by atoms with Crippen molar-refractivity contribution >= 4 is 23.4 Å². The highest BCUT2D eigenvalue weighted by molar-refractivity contribution is 6.32. The van der Waals surface area contributed by atoms with Gasteiger partial charge in [-0.05, 0) is 5.92 Å². The molecule has 1 unspecified atom stereocenters. The number of hydrogen-bond donors (Lipinski definition) is 2. The van der Waals surface area contributed by atoms with Crippen molar-refractivity contribution in [3.63, 3.8) is 0 Å². The molecule has 0 saturated carbocycles. The topological polar surface area (TPSA) is 59.1 Å². The maximum Gasteiger partial charge on any atom is 0.224 e. The molecular formula is C10H17ClN4O. The van der Waals surface area contributed by atoms with Crippen molar-refractivity contribution in [1.29, 1.82) is 0 Å². The van der Waals surface area contributed by atoms with Crippen molar-refractivity contribution in [3.05, 3.63) is 11.2 Å². The zero-order chi connectivity index (χ0) is 12.0. The lowest BCUT2D eigenvalue weighted by Crippen LogP contribution is -2.17. The highest BCUT2D eigenvalue weighted by Crippen LogP contribution is 2.19. The summed E-state index contributed by atoms with van der Waals surface area (Å²) in [7, 11) is 3.45. The van der Waals surface area contributed by atoms with Crippen molar-refractivity contribution < 1.29 is 4.74 Å². The van der Waals surface area contributed by atoms with Crippen LogP contribution in [0.15, 0.2) is 6.20 Å². The molecule has 1 atom stereocenters. The number of halogens is 1. The largest absolute Gasteiger partial charge is 0.384 e. The second kappa shape index (κ2) is 6.50. The van der Waals surface area contributed by atoms with Crippen LogP contribution in [0.25, 0.3) is 0 Å². The number of methoxy groups -OCH3 is 1. The van der Waals surface area contributed by atoms with E-state index in [1.54, 1.807) is 20.4 Å². The van der Waals surface area contributed by atoms with Gasteiger partial charge in [-0.2, -0.15) is 4.98 Å². The van der Waals surface area contributed by atoms with Crippen LogP contribution in [0.5, 0.6) is 0 Å². The van der Waals surface area contributed by atoms with Gasteiger partial charge >= 0.3 is 0 Å². The van der Waals surface area contributed by atoms with Crippen LogP contribution in [0.3, 0.4) is 0 Å². The first-order valence-electron chi connectivity index (χ1n) is 5.10. The van der Waals surface area contributed by atoms with Crippen molar-refractivity contribution in [2.45, 2.75) is 6.92 Å². The average molecular weight is 245 g/mol. The van der Waals surface area contributed by atoms with Gasteiger partial charge in [-0.25, -0.2) is 4.98 Å². The highest BCUT2D eigenvalue weighted by Gasteiger charge is 2.06. The first-order valence-corrected chi connectivity index (χ1v) is 5.48. The number of rotatable bonds is 6. The molecule has 0 aliphatic carbocycles. The van der Waals surface area contributed by atoms with E-state index in [4.69, 9.17) is 16.3 Å². The van der Waals surface area contributed by atoms with E-state index in [2.05, 4.69) is 27.5 Å². The van der Waals surface area contributed by atoms with Gasteiger partial charge in [-0.15, -0.1) is 0 Å². The van der Waals surface area contributed by atoms with Crippen LogP contribution in [0.2, 0.25) is 5.02 Å². The Kier molecular flexibility index (Phi) is 5.28. The zero-order valence-corrected chi connectivity index (χ0v) is 10.5. The number of hydrogen-bond acceptors (Lipinski definition) is 5. The Morgan fingerprint density at radius 3 is 2.94 bits per heavy atom. The molecule has 2 N–H and O–H groups in total. The van der Waals surface area contributed by atoms with Crippen LogP contribution in [0.1, 0.15) is 6.92 Å². The third-order valence-corrected chi connectivity index (χ3v) is 2.31. The van der Waals surface area contributed by atoms with Crippen LogP contribution >= 0.6 is 11.6 Å². The molecule has 0 aliphatic heterocycles. The molecule has 0 saturated heterocycles.